The standard InChI is InChI=1S/C16H16ClF2NO3S/c1-23-16-10(7-12(19)8-13(16)17)5-6-20-14-9-11(18)3-4-15(14)24(2,21)22/h3-4,7-9,20H,5-6H2,1-2H3. The monoisotopic (exact) mass is 375 g/mol. The van der Waals surface area contributed by atoms with Crippen molar-refractivity contribution in [2.75, 3.05) is 25.2 Å². The second-order valence-electron chi connectivity index (χ2n) is 5.17. The van der Waals surface area contributed by atoms with Gasteiger partial charge in [-0.15, -0.1) is 0 Å². The lowest BCUT2D eigenvalue weighted by molar-refractivity contribution is 0.409. The molecule has 0 atom stereocenters. The van der Waals surface area contributed by atoms with E-state index in [2.05, 4.69) is 5.32 Å². The van der Waals surface area contributed by atoms with Crippen LogP contribution in [-0.4, -0.2) is 28.3 Å². The molecule has 130 valence electrons. The van der Waals surface area contributed by atoms with E-state index >= 15 is 0 Å². The first-order chi connectivity index (χ1) is 11.2. The van der Waals surface area contributed by atoms with Gasteiger partial charge in [0.15, 0.2) is 9.84 Å². The fraction of sp³-hybridized carbons (Fsp3) is 0.250. The number of ether oxygens (including phenoxy) is 1. The maximum absolute atomic E-state index is 13.5. The SMILES string of the molecule is COc1c(Cl)cc(F)cc1CCNc1cc(F)ccc1S(C)(=O)=O. The minimum absolute atomic E-state index is 0.00635. The van der Waals surface area contributed by atoms with Crippen molar-refractivity contribution in [3.8, 4) is 5.75 Å². The van der Waals surface area contributed by atoms with Gasteiger partial charge in [-0.1, -0.05) is 11.6 Å². The number of methoxy groups -OCH3 is 1. The Hall–Kier alpha value is -1.86. The van der Waals surface area contributed by atoms with Crippen LogP contribution in [0.25, 0.3) is 0 Å². The molecule has 0 aromatic heterocycles. The van der Waals surface area contributed by atoms with Crippen LogP contribution in [0.3, 0.4) is 0 Å². The van der Waals surface area contributed by atoms with Gasteiger partial charge in [0.05, 0.1) is 22.7 Å². The van der Waals surface area contributed by atoms with Gasteiger partial charge in [0, 0.05) is 18.4 Å². The fourth-order valence-electron chi connectivity index (χ4n) is 2.32. The molecule has 8 heteroatoms. The molecule has 2 aromatic rings. The quantitative estimate of drug-likeness (QED) is 0.782. The van der Waals surface area contributed by atoms with Crippen LogP contribution in [0.2, 0.25) is 5.02 Å². The van der Waals surface area contributed by atoms with Gasteiger partial charge in [0.25, 0.3) is 0 Å². The minimum Gasteiger partial charge on any atom is -0.495 e. The number of hydrogen-bond donors (Lipinski definition) is 1. The van der Waals surface area contributed by atoms with Crippen molar-refractivity contribution < 1.29 is 21.9 Å². The lowest BCUT2D eigenvalue weighted by Crippen LogP contribution is -2.10. The van der Waals surface area contributed by atoms with Gasteiger partial charge in [-0.3, -0.25) is 0 Å². The first-order valence-electron chi connectivity index (χ1n) is 6.97. The maximum atomic E-state index is 13.5. The smallest absolute Gasteiger partial charge is 0.177 e. The number of benzene rings is 2. The number of hydrogen-bond acceptors (Lipinski definition) is 4. The lowest BCUT2D eigenvalue weighted by atomic mass is 10.1. The zero-order valence-corrected chi connectivity index (χ0v) is 14.6. The third kappa shape index (κ3) is 4.36. The molecule has 0 saturated carbocycles. The summed E-state index contributed by atoms with van der Waals surface area (Å²) in [6, 6.07) is 5.82. The third-order valence-electron chi connectivity index (χ3n) is 3.34. The molecule has 0 amide bonds. The van der Waals surface area contributed by atoms with E-state index in [-0.39, 0.29) is 22.2 Å². The van der Waals surface area contributed by atoms with Crippen LogP contribution in [0.4, 0.5) is 14.5 Å². The molecule has 2 rings (SSSR count). The van der Waals surface area contributed by atoms with E-state index in [1.165, 1.54) is 19.2 Å². The van der Waals surface area contributed by atoms with Crippen molar-refractivity contribution in [2.45, 2.75) is 11.3 Å². The Labute approximate surface area is 144 Å². The first kappa shape index (κ1) is 18.5. The van der Waals surface area contributed by atoms with Gasteiger partial charge >= 0.3 is 0 Å². The van der Waals surface area contributed by atoms with E-state index < -0.39 is 21.5 Å². The highest BCUT2D eigenvalue weighted by atomic mass is 35.5. The Kier molecular flexibility index (Phi) is 5.66. The summed E-state index contributed by atoms with van der Waals surface area (Å²) in [5.41, 5.74) is 0.672. The van der Waals surface area contributed by atoms with Crippen LogP contribution in [0.1, 0.15) is 5.56 Å². The normalized spacial score (nSPS) is 11.4. The van der Waals surface area contributed by atoms with Crippen LogP contribution in [0, 0.1) is 11.6 Å². The van der Waals surface area contributed by atoms with Crippen LogP contribution < -0.4 is 10.1 Å². The highest BCUT2D eigenvalue weighted by Crippen LogP contribution is 2.30. The molecule has 24 heavy (non-hydrogen) atoms. The van der Waals surface area contributed by atoms with E-state index in [1.54, 1.807) is 0 Å². The summed E-state index contributed by atoms with van der Waals surface area (Å²) in [5.74, 6) is -0.711. The van der Waals surface area contributed by atoms with Crippen molar-refractivity contribution in [1.82, 2.24) is 0 Å². The Morgan fingerprint density at radius 3 is 2.50 bits per heavy atom. The molecule has 0 heterocycles. The molecule has 0 spiro atoms. The lowest BCUT2D eigenvalue weighted by Gasteiger charge is -2.13. The molecule has 0 radical (unpaired) electrons. The van der Waals surface area contributed by atoms with Crippen molar-refractivity contribution in [1.29, 1.82) is 0 Å². The Bertz CT molecular complexity index is 857. The molecule has 1 N–H and O–H groups in total. The Balaban J connectivity index is 2.20. The molecule has 0 aliphatic carbocycles. The Morgan fingerprint density at radius 2 is 1.88 bits per heavy atom. The highest BCUT2D eigenvalue weighted by molar-refractivity contribution is 7.90. The zero-order valence-electron chi connectivity index (χ0n) is 13.1. The molecule has 0 aliphatic heterocycles. The molecular weight excluding hydrogens is 360 g/mol. The predicted molar refractivity (Wildman–Crippen MR) is 89.7 cm³/mol. The summed E-state index contributed by atoms with van der Waals surface area (Å²) in [7, 11) is -2.09. The molecule has 2 aromatic carbocycles. The molecule has 0 bridgehead atoms. The summed E-state index contributed by atoms with van der Waals surface area (Å²) in [5, 5.41) is 3.01. The molecular formula is C16H16ClF2NO3S. The summed E-state index contributed by atoms with van der Waals surface area (Å²) in [6.45, 7) is 0.238. The average molecular weight is 376 g/mol. The third-order valence-corrected chi connectivity index (χ3v) is 4.78. The number of sulfone groups is 1. The van der Waals surface area contributed by atoms with Gasteiger partial charge in [-0.25, -0.2) is 17.2 Å². The molecule has 0 fully saturated rings. The number of nitrogens with one attached hydrogen (secondary N) is 1. The van der Waals surface area contributed by atoms with Gasteiger partial charge in [0.2, 0.25) is 0 Å². The molecule has 0 unspecified atom stereocenters. The van der Waals surface area contributed by atoms with Gasteiger partial charge in [-0.05, 0) is 36.8 Å². The van der Waals surface area contributed by atoms with Gasteiger partial charge in [-0.2, -0.15) is 0 Å². The summed E-state index contributed by atoms with van der Waals surface area (Å²) in [4.78, 5) is -0.00635. The molecule has 0 saturated heterocycles. The van der Waals surface area contributed by atoms with Crippen LogP contribution in [0.15, 0.2) is 35.2 Å². The second-order valence-corrected chi connectivity index (χ2v) is 7.56. The van der Waals surface area contributed by atoms with Crippen molar-refractivity contribution in [3.05, 3.63) is 52.6 Å². The van der Waals surface area contributed by atoms with E-state index in [4.69, 9.17) is 16.3 Å². The summed E-state index contributed by atoms with van der Waals surface area (Å²) < 4.78 is 55.5. The van der Waals surface area contributed by atoms with Crippen molar-refractivity contribution in [2.24, 2.45) is 0 Å². The van der Waals surface area contributed by atoms with Crippen LogP contribution >= 0.6 is 11.6 Å². The van der Waals surface area contributed by atoms with Crippen molar-refractivity contribution >= 4 is 27.1 Å². The molecule has 4 nitrogen and oxygen atoms in total. The second kappa shape index (κ2) is 7.36. The maximum Gasteiger partial charge on any atom is 0.177 e. The number of rotatable bonds is 6. The minimum atomic E-state index is -3.51. The van der Waals surface area contributed by atoms with Crippen molar-refractivity contribution in [3.63, 3.8) is 0 Å². The summed E-state index contributed by atoms with van der Waals surface area (Å²) >= 11 is 5.92. The van der Waals surface area contributed by atoms with E-state index in [0.29, 0.717) is 17.7 Å². The van der Waals surface area contributed by atoms with E-state index in [9.17, 15) is 17.2 Å². The number of halogens is 3. The topological polar surface area (TPSA) is 55.4 Å². The molecule has 0 aliphatic rings. The van der Waals surface area contributed by atoms with E-state index in [0.717, 1.165) is 24.5 Å². The largest absolute Gasteiger partial charge is 0.495 e. The predicted octanol–water partition coefficient (Wildman–Crippen LogP) is 3.68. The highest BCUT2D eigenvalue weighted by Gasteiger charge is 2.15. The zero-order chi connectivity index (χ0) is 17.9. The van der Waals surface area contributed by atoms with Gasteiger partial charge in [0.1, 0.15) is 17.4 Å². The van der Waals surface area contributed by atoms with Crippen LogP contribution in [-0.2, 0) is 16.3 Å². The van der Waals surface area contributed by atoms with E-state index in [1.807, 2.05) is 0 Å². The van der Waals surface area contributed by atoms with Crippen LogP contribution in [0.5, 0.6) is 5.75 Å². The van der Waals surface area contributed by atoms with Gasteiger partial charge < -0.3 is 10.1 Å². The summed E-state index contributed by atoms with van der Waals surface area (Å²) in [6.07, 6.45) is 1.35. The average Bonchev–Trinajstić information content (AvgIpc) is 2.45. The fourth-order valence-corrected chi connectivity index (χ4v) is 3.47. The number of anilines is 1. The Morgan fingerprint density at radius 1 is 1.17 bits per heavy atom. The first-order valence-corrected chi connectivity index (χ1v) is 9.24.